The van der Waals surface area contributed by atoms with Gasteiger partial charge in [0.25, 0.3) is 5.91 Å². The monoisotopic (exact) mass is 356 g/mol. The Labute approximate surface area is 150 Å². The third kappa shape index (κ3) is 3.09. The van der Waals surface area contributed by atoms with Gasteiger partial charge in [-0.05, 0) is 37.5 Å². The van der Waals surface area contributed by atoms with Crippen molar-refractivity contribution in [2.45, 2.75) is 38.5 Å². The Morgan fingerprint density at radius 3 is 2.96 bits per heavy atom. The summed E-state index contributed by atoms with van der Waals surface area (Å²) in [6.45, 7) is 3.36. The fourth-order valence-corrected chi connectivity index (χ4v) is 3.57. The van der Waals surface area contributed by atoms with E-state index >= 15 is 0 Å². The van der Waals surface area contributed by atoms with Crippen LogP contribution in [0.25, 0.3) is 11.0 Å². The molecule has 26 heavy (non-hydrogen) atoms. The molecule has 1 fully saturated rings. The summed E-state index contributed by atoms with van der Waals surface area (Å²) in [4.78, 5) is 22.4. The lowest BCUT2D eigenvalue weighted by atomic mass is 9.95. The molecule has 3 heterocycles. The molecule has 0 aliphatic carbocycles. The Kier molecular flexibility index (Phi) is 4.44. The zero-order valence-corrected chi connectivity index (χ0v) is 14.7. The molecule has 6 nitrogen and oxygen atoms in total. The van der Waals surface area contributed by atoms with Gasteiger partial charge in [0, 0.05) is 25.4 Å². The number of likely N-dealkylation sites (tertiary alicyclic amines) is 1. The van der Waals surface area contributed by atoms with Crippen LogP contribution < -0.4 is 0 Å². The number of aromatic amines is 1. The molecule has 2 aromatic heterocycles. The molecule has 1 amide bonds. The summed E-state index contributed by atoms with van der Waals surface area (Å²) < 4.78 is 18.6. The van der Waals surface area contributed by atoms with Crippen LogP contribution in [0.15, 0.2) is 28.9 Å². The number of imidazole rings is 1. The summed E-state index contributed by atoms with van der Waals surface area (Å²) >= 11 is 0. The topological polar surface area (TPSA) is 75.0 Å². The maximum Gasteiger partial charge on any atom is 0.259 e. The molecule has 3 aromatic rings. The Morgan fingerprint density at radius 2 is 2.19 bits per heavy atom. The molecule has 0 atom stereocenters. The minimum Gasteiger partial charge on any atom is -0.361 e. The first kappa shape index (κ1) is 16.8. The molecule has 7 heteroatoms. The van der Waals surface area contributed by atoms with E-state index in [2.05, 4.69) is 15.1 Å². The first-order chi connectivity index (χ1) is 12.7. The van der Waals surface area contributed by atoms with Crippen molar-refractivity contribution < 1.29 is 13.7 Å². The van der Waals surface area contributed by atoms with Gasteiger partial charge < -0.3 is 14.4 Å². The van der Waals surface area contributed by atoms with E-state index in [0.29, 0.717) is 36.4 Å². The molecule has 0 radical (unpaired) electrons. The van der Waals surface area contributed by atoms with Crippen molar-refractivity contribution >= 4 is 16.9 Å². The molecular weight excluding hydrogens is 335 g/mol. The van der Waals surface area contributed by atoms with Gasteiger partial charge in [-0.3, -0.25) is 4.79 Å². The molecular formula is C19H21FN4O2. The van der Waals surface area contributed by atoms with E-state index in [4.69, 9.17) is 4.52 Å². The first-order valence-corrected chi connectivity index (χ1v) is 9.03. The van der Waals surface area contributed by atoms with E-state index < -0.39 is 0 Å². The molecule has 1 aliphatic rings. The fraction of sp³-hybridized carbons (Fsp3) is 0.421. The Bertz CT molecular complexity index is 925. The maximum absolute atomic E-state index is 13.3. The normalized spacial score (nSPS) is 15.7. The van der Waals surface area contributed by atoms with Crippen LogP contribution in [-0.2, 0) is 6.42 Å². The van der Waals surface area contributed by atoms with Crippen molar-refractivity contribution in [3.05, 3.63) is 47.4 Å². The number of hydrogen-bond acceptors (Lipinski definition) is 4. The molecule has 0 unspecified atom stereocenters. The quantitative estimate of drug-likeness (QED) is 0.774. The second-order valence-electron chi connectivity index (χ2n) is 6.76. The van der Waals surface area contributed by atoms with Gasteiger partial charge in [-0.25, -0.2) is 9.37 Å². The van der Waals surface area contributed by atoms with Crippen LogP contribution in [0.2, 0.25) is 0 Å². The summed E-state index contributed by atoms with van der Waals surface area (Å²) in [6.07, 6.45) is 4.79. The van der Waals surface area contributed by atoms with Crippen LogP contribution in [0.4, 0.5) is 4.39 Å². The number of nitrogens with zero attached hydrogens (tertiary/aromatic N) is 3. The number of benzene rings is 1. The second-order valence-corrected chi connectivity index (χ2v) is 6.76. The highest BCUT2D eigenvalue weighted by Crippen LogP contribution is 2.29. The zero-order chi connectivity index (χ0) is 18.1. The number of aryl methyl sites for hydroxylation is 1. The van der Waals surface area contributed by atoms with Gasteiger partial charge in [0.15, 0.2) is 0 Å². The Hall–Kier alpha value is -2.70. The van der Waals surface area contributed by atoms with Crippen molar-refractivity contribution in [2.24, 2.45) is 0 Å². The average Bonchev–Trinajstić information content (AvgIpc) is 3.28. The first-order valence-electron chi connectivity index (χ1n) is 9.03. The van der Waals surface area contributed by atoms with Crippen LogP contribution in [0, 0.1) is 5.82 Å². The molecule has 0 saturated carbocycles. The van der Waals surface area contributed by atoms with Crippen molar-refractivity contribution in [2.75, 3.05) is 13.1 Å². The van der Waals surface area contributed by atoms with Gasteiger partial charge in [0.1, 0.15) is 23.0 Å². The number of nitrogens with one attached hydrogen (secondary N) is 1. The van der Waals surface area contributed by atoms with Crippen LogP contribution >= 0.6 is 0 Å². The van der Waals surface area contributed by atoms with Crippen LogP contribution in [-0.4, -0.2) is 39.0 Å². The molecule has 1 N–H and O–H groups in total. The standard InChI is InChI=1S/C19H21FN4O2/c1-2-3-17-14(11-21-26-17)19(25)24-8-6-12(7-9-24)18-22-15-5-4-13(20)10-16(15)23-18/h4-5,10-12H,2-3,6-9H2,1H3,(H,22,23). The van der Waals surface area contributed by atoms with Crippen molar-refractivity contribution in [3.8, 4) is 0 Å². The molecule has 1 saturated heterocycles. The number of aromatic nitrogens is 3. The molecule has 1 aromatic carbocycles. The number of hydrogen-bond donors (Lipinski definition) is 1. The number of H-pyrrole nitrogens is 1. The van der Waals surface area contributed by atoms with Gasteiger partial charge in [-0.1, -0.05) is 12.1 Å². The van der Waals surface area contributed by atoms with Gasteiger partial charge in [0.05, 0.1) is 17.2 Å². The van der Waals surface area contributed by atoms with Gasteiger partial charge in [-0.2, -0.15) is 0 Å². The predicted molar refractivity (Wildman–Crippen MR) is 94.4 cm³/mol. The van der Waals surface area contributed by atoms with Gasteiger partial charge >= 0.3 is 0 Å². The van der Waals surface area contributed by atoms with E-state index in [9.17, 15) is 9.18 Å². The summed E-state index contributed by atoms with van der Waals surface area (Å²) in [5.41, 5.74) is 2.06. The molecule has 1 aliphatic heterocycles. The third-order valence-electron chi connectivity index (χ3n) is 4.98. The van der Waals surface area contributed by atoms with E-state index in [1.54, 1.807) is 6.07 Å². The fourth-order valence-electron chi connectivity index (χ4n) is 3.57. The highest BCUT2D eigenvalue weighted by Gasteiger charge is 2.28. The molecule has 136 valence electrons. The lowest BCUT2D eigenvalue weighted by Gasteiger charge is -2.31. The second kappa shape index (κ2) is 6.90. The number of rotatable bonds is 4. The van der Waals surface area contributed by atoms with E-state index in [-0.39, 0.29) is 17.6 Å². The lowest BCUT2D eigenvalue weighted by Crippen LogP contribution is -2.38. The Balaban J connectivity index is 1.44. The number of carbonyl (C=O) groups is 1. The van der Waals surface area contributed by atoms with Crippen LogP contribution in [0.5, 0.6) is 0 Å². The van der Waals surface area contributed by atoms with Crippen molar-refractivity contribution in [1.82, 2.24) is 20.0 Å². The van der Waals surface area contributed by atoms with E-state index in [0.717, 1.165) is 30.6 Å². The average molecular weight is 356 g/mol. The number of piperidine rings is 1. The summed E-state index contributed by atoms with van der Waals surface area (Å²) in [5, 5.41) is 3.78. The van der Waals surface area contributed by atoms with Crippen LogP contribution in [0.1, 0.15) is 54.0 Å². The van der Waals surface area contributed by atoms with Crippen molar-refractivity contribution in [1.29, 1.82) is 0 Å². The highest BCUT2D eigenvalue weighted by molar-refractivity contribution is 5.95. The number of amides is 1. The van der Waals surface area contributed by atoms with Gasteiger partial charge in [-0.15, -0.1) is 0 Å². The lowest BCUT2D eigenvalue weighted by molar-refractivity contribution is 0.0709. The van der Waals surface area contributed by atoms with E-state index in [1.807, 2.05) is 11.8 Å². The predicted octanol–water partition coefficient (Wildman–Crippen LogP) is 3.66. The number of halogens is 1. The van der Waals surface area contributed by atoms with Gasteiger partial charge in [0.2, 0.25) is 0 Å². The smallest absolute Gasteiger partial charge is 0.259 e. The summed E-state index contributed by atoms with van der Waals surface area (Å²) in [6, 6.07) is 4.57. The Morgan fingerprint density at radius 1 is 1.38 bits per heavy atom. The molecule has 0 bridgehead atoms. The zero-order valence-electron chi connectivity index (χ0n) is 14.7. The summed E-state index contributed by atoms with van der Waals surface area (Å²) in [5.74, 6) is 1.49. The van der Waals surface area contributed by atoms with E-state index in [1.165, 1.54) is 18.3 Å². The summed E-state index contributed by atoms with van der Waals surface area (Å²) in [7, 11) is 0. The molecule has 0 spiro atoms. The minimum absolute atomic E-state index is 0.0140. The molecule has 4 rings (SSSR count). The number of carbonyl (C=O) groups excluding carboxylic acids is 1. The van der Waals surface area contributed by atoms with Crippen LogP contribution in [0.3, 0.4) is 0 Å². The third-order valence-corrected chi connectivity index (χ3v) is 4.98. The largest absolute Gasteiger partial charge is 0.361 e. The minimum atomic E-state index is -0.273. The SMILES string of the molecule is CCCc1oncc1C(=O)N1CCC(c2nc3ccc(F)cc3[nH]2)CC1. The van der Waals surface area contributed by atoms with Crippen molar-refractivity contribution in [3.63, 3.8) is 0 Å². The highest BCUT2D eigenvalue weighted by atomic mass is 19.1. The maximum atomic E-state index is 13.3. The number of fused-ring (bicyclic) bond motifs is 1.